The van der Waals surface area contributed by atoms with Gasteiger partial charge in [-0.15, -0.1) is 0 Å². The molecule has 4 aliphatic rings. The summed E-state index contributed by atoms with van der Waals surface area (Å²) < 4.78 is 13.2. The average molecular weight is 626 g/mol. The van der Waals surface area contributed by atoms with Crippen molar-refractivity contribution < 1.29 is 28.7 Å². The van der Waals surface area contributed by atoms with Crippen molar-refractivity contribution in [1.29, 1.82) is 0 Å². The maximum Gasteiger partial charge on any atom is 0.313 e. The Morgan fingerprint density at radius 1 is 0.913 bits per heavy atom. The highest BCUT2D eigenvalue weighted by Crippen LogP contribution is 2.55. The lowest BCUT2D eigenvalue weighted by molar-refractivity contribution is -0.165. The number of benzene rings is 2. The predicted molar refractivity (Wildman–Crippen MR) is 172 cm³/mol. The largest absolute Gasteiger partial charge is 0.455 e. The number of esters is 1. The first kappa shape index (κ1) is 31.7. The molecule has 0 aromatic heterocycles. The van der Waals surface area contributed by atoms with Crippen LogP contribution in [0.25, 0.3) is 0 Å². The summed E-state index contributed by atoms with van der Waals surface area (Å²) in [5.41, 5.74) is -0.399. The maximum absolute atomic E-state index is 14.7. The molecule has 46 heavy (non-hydrogen) atoms. The minimum Gasteiger partial charge on any atom is -0.455 e. The van der Waals surface area contributed by atoms with E-state index in [1.165, 1.54) is 0 Å². The van der Waals surface area contributed by atoms with Crippen LogP contribution in [0.1, 0.15) is 57.8 Å². The number of rotatable bonds is 3. The topological polar surface area (TPSA) is 96.5 Å². The molecule has 242 valence electrons. The molecule has 7 atom stereocenters. The van der Waals surface area contributed by atoms with Crippen LogP contribution in [-0.2, 0) is 35.2 Å². The van der Waals surface area contributed by atoms with Gasteiger partial charge < -0.3 is 24.2 Å². The monoisotopic (exact) mass is 625 g/mol. The van der Waals surface area contributed by atoms with Gasteiger partial charge in [0.05, 0.1) is 18.1 Å². The number of hydrogen-bond acceptors (Lipinski definition) is 6. The summed E-state index contributed by atoms with van der Waals surface area (Å²) in [6.45, 7) is 8.28. The molecule has 9 heteroatoms. The van der Waals surface area contributed by atoms with E-state index in [0.717, 1.165) is 11.1 Å². The molecule has 3 amide bonds. The van der Waals surface area contributed by atoms with E-state index in [0.29, 0.717) is 19.5 Å². The Bertz CT molecular complexity index is 1550. The standard InChI is InChI=1S/C37H43N3O6/c1-24-31(26-17-10-7-11-18-26)45-35(44)29-27(19-12-13-20-28(41)38(24)5)46-37-21-14-22-39(23-25-15-8-6-9-16-25)34(43)32(37)40(36(2,3)4)33(42)30(29)37/h6-12,14-19,21,24,27,29-32H,13,20,22-23H2,1-5H3/b19-12+/t24-,27-,29+,30+,31+,32-,37+/m1/s1. The molecule has 2 fully saturated rings. The zero-order valence-corrected chi connectivity index (χ0v) is 27.2. The molecule has 0 saturated carbocycles. The van der Waals surface area contributed by atoms with Gasteiger partial charge in [-0.25, -0.2) is 0 Å². The fourth-order valence-electron chi connectivity index (χ4n) is 7.51. The lowest BCUT2D eigenvalue weighted by Crippen LogP contribution is -2.59. The van der Waals surface area contributed by atoms with E-state index in [1.54, 1.807) is 27.8 Å². The van der Waals surface area contributed by atoms with E-state index in [1.807, 2.05) is 107 Å². The predicted octanol–water partition coefficient (Wildman–Crippen LogP) is 4.45. The van der Waals surface area contributed by atoms with Gasteiger partial charge in [0, 0.05) is 32.1 Å². The maximum atomic E-state index is 14.7. The van der Waals surface area contributed by atoms with Crippen molar-refractivity contribution in [3.63, 3.8) is 0 Å². The second kappa shape index (κ2) is 12.2. The Morgan fingerprint density at radius 2 is 1.59 bits per heavy atom. The van der Waals surface area contributed by atoms with E-state index in [2.05, 4.69) is 0 Å². The Hall–Kier alpha value is -4.24. The summed E-state index contributed by atoms with van der Waals surface area (Å²) in [5.74, 6) is -3.18. The Labute approximate surface area is 270 Å². The summed E-state index contributed by atoms with van der Waals surface area (Å²) in [5, 5.41) is 0. The molecule has 2 aromatic rings. The number of allylic oxidation sites excluding steroid dienone is 1. The van der Waals surface area contributed by atoms with E-state index in [-0.39, 0.29) is 24.1 Å². The number of likely N-dealkylation sites (N-methyl/N-ethyl adjacent to an activating group) is 1. The number of carbonyl (C=O) groups excluding carboxylic acids is 4. The number of fused-ring (bicyclic) bond motifs is 2. The zero-order chi connectivity index (χ0) is 32.8. The highest BCUT2D eigenvalue weighted by molar-refractivity contribution is 5.99. The fraction of sp³-hybridized carbons (Fsp3) is 0.459. The van der Waals surface area contributed by atoms with Crippen LogP contribution in [0.15, 0.2) is 85.0 Å². The van der Waals surface area contributed by atoms with Crippen molar-refractivity contribution in [2.45, 2.75) is 82.5 Å². The average Bonchev–Trinajstić information content (AvgIpc) is 3.44. The van der Waals surface area contributed by atoms with Crippen LogP contribution in [0.4, 0.5) is 0 Å². The van der Waals surface area contributed by atoms with Crippen molar-refractivity contribution >= 4 is 23.7 Å². The van der Waals surface area contributed by atoms with Crippen LogP contribution in [-0.4, -0.2) is 81.3 Å². The third-order valence-corrected chi connectivity index (χ3v) is 9.85. The van der Waals surface area contributed by atoms with Gasteiger partial charge in [0.2, 0.25) is 17.7 Å². The number of likely N-dealkylation sites (tertiary alicyclic amines) is 1. The van der Waals surface area contributed by atoms with Crippen LogP contribution in [0.2, 0.25) is 0 Å². The summed E-state index contributed by atoms with van der Waals surface area (Å²) in [7, 11) is 1.72. The summed E-state index contributed by atoms with van der Waals surface area (Å²) in [6.07, 6.45) is 6.44. The first-order valence-electron chi connectivity index (χ1n) is 16.1. The first-order chi connectivity index (χ1) is 21.9. The molecule has 4 aliphatic heterocycles. The van der Waals surface area contributed by atoms with Gasteiger partial charge in [-0.1, -0.05) is 85.0 Å². The van der Waals surface area contributed by atoms with Gasteiger partial charge in [-0.2, -0.15) is 0 Å². The molecule has 0 radical (unpaired) electrons. The zero-order valence-electron chi connectivity index (χ0n) is 27.2. The third-order valence-electron chi connectivity index (χ3n) is 9.85. The fourth-order valence-corrected chi connectivity index (χ4v) is 7.51. The van der Waals surface area contributed by atoms with Gasteiger partial charge in [0.25, 0.3) is 0 Å². The highest BCUT2D eigenvalue weighted by Gasteiger charge is 2.73. The van der Waals surface area contributed by atoms with E-state index in [4.69, 9.17) is 9.47 Å². The molecule has 2 aromatic carbocycles. The van der Waals surface area contributed by atoms with E-state index in [9.17, 15) is 19.2 Å². The Morgan fingerprint density at radius 3 is 2.26 bits per heavy atom. The Balaban J connectivity index is 1.44. The van der Waals surface area contributed by atoms with Gasteiger partial charge in [0.15, 0.2) is 0 Å². The quantitative estimate of drug-likeness (QED) is 0.370. The lowest BCUT2D eigenvalue weighted by Gasteiger charge is -2.41. The molecule has 2 saturated heterocycles. The van der Waals surface area contributed by atoms with Crippen molar-refractivity contribution in [2.24, 2.45) is 11.8 Å². The van der Waals surface area contributed by atoms with Gasteiger partial charge in [-0.3, -0.25) is 19.2 Å². The van der Waals surface area contributed by atoms with E-state index < -0.39 is 53.2 Å². The number of nitrogens with zero attached hydrogens (tertiary/aromatic N) is 3. The van der Waals surface area contributed by atoms with Crippen LogP contribution in [0.5, 0.6) is 0 Å². The molecule has 0 bridgehead atoms. The molecule has 6 rings (SSSR count). The van der Waals surface area contributed by atoms with Crippen molar-refractivity contribution in [3.05, 3.63) is 96.1 Å². The number of cyclic esters (lactones) is 1. The van der Waals surface area contributed by atoms with Crippen molar-refractivity contribution in [3.8, 4) is 0 Å². The molecule has 4 heterocycles. The van der Waals surface area contributed by atoms with E-state index >= 15 is 0 Å². The van der Waals surface area contributed by atoms with Crippen molar-refractivity contribution in [1.82, 2.24) is 14.7 Å². The van der Waals surface area contributed by atoms with Crippen LogP contribution in [0.3, 0.4) is 0 Å². The first-order valence-corrected chi connectivity index (χ1v) is 16.1. The molecule has 1 spiro atoms. The minimum atomic E-state index is -1.38. The number of amides is 3. The molecule has 9 nitrogen and oxygen atoms in total. The van der Waals surface area contributed by atoms with Gasteiger partial charge >= 0.3 is 5.97 Å². The second-order valence-electron chi connectivity index (χ2n) is 13.8. The highest BCUT2D eigenvalue weighted by atomic mass is 16.6. The van der Waals surface area contributed by atoms with Crippen LogP contribution < -0.4 is 0 Å². The molecular formula is C37H43N3O6. The molecule has 0 unspecified atom stereocenters. The normalized spacial score (nSPS) is 32.6. The number of carbonyl (C=O) groups is 4. The SMILES string of the molecule is C[C@@H]1[C@@H](c2ccccc2)OC(=O)[C@@H]2[C@H]3C(=O)N(C(C)(C)C)[C@@H]4C(=O)N(Cc5ccccc5)CC=C[C@]34O[C@@H]2/C=C/CCC(=O)N1C. The van der Waals surface area contributed by atoms with Crippen molar-refractivity contribution in [2.75, 3.05) is 13.6 Å². The molecule has 0 aliphatic carbocycles. The lowest BCUT2D eigenvalue weighted by atomic mass is 9.77. The second-order valence-corrected chi connectivity index (χ2v) is 13.8. The summed E-state index contributed by atoms with van der Waals surface area (Å²) in [6, 6.07) is 17.6. The van der Waals surface area contributed by atoms with Gasteiger partial charge in [-0.05, 0) is 45.2 Å². The summed E-state index contributed by atoms with van der Waals surface area (Å²) in [4.78, 5) is 61.8. The smallest absolute Gasteiger partial charge is 0.313 e. The third kappa shape index (κ3) is 5.44. The minimum absolute atomic E-state index is 0.0686. The van der Waals surface area contributed by atoms with Crippen LogP contribution >= 0.6 is 0 Å². The van der Waals surface area contributed by atoms with Crippen LogP contribution in [0, 0.1) is 11.8 Å². The summed E-state index contributed by atoms with van der Waals surface area (Å²) >= 11 is 0. The Kier molecular flexibility index (Phi) is 8.40. The number of hydrogen-bond donors (Lipinski definition) is 0. The molecular weight excluding hydrogens is 582 g/mol. The van der Waals surface area contributed by atoms with Gasteiger partial charge in [0.1, 0.15) is 23.7 Å². The molecule has 0 N–H and O–H groups in total. The number of ether oxygens (including phenoxy) is 2.